The zero-order valence-electron chi connectivity index (χ0n) is 8.22. The van der Waals surface area contributed by atoms with Crippen LogP contribution in [0.4, 0.5) is 4.39 Å². The molecular formula is C12H8FO2S-. The quantitative estimate of drug-likeness (QED) is 0.751. The van der Waals surface area contributed by atoms with Crippen molar-refractivity contribution >= 4 is 11.1 Å². The largest absolute Gasteiger partial charge is 0.768 e. The molecule has 0 spiro atoms. The molecule has 0 aliphatic carbocycles. The van der Waals surface area contributed by atoms with Gasteiger partial charge in [0.2, 0.25) is 0 Å². The van der Waals surface area contributed by atoms with Crippen LogP contribution < -0.4 is 0 Å². The van der Waals surface area contributed by atoms with Gasteiger partial charge in [0.25, 0.3) is 0 Å². The molecule has 0 fully saturated rings. The number of benzene rings is 2. The van der Waals surface area contributed by atoms with Gasteiger partial charge < -0.3 is 4.55 Å². The van der Waals surface area contributed by atoms with Gasteiger partial charge in [0.1, 0.15) is 5.82 Å². The third kappa shape index (κ3) is 2.18. The number of hydrogen-bond donors (Lipinski definition) is 0. The predicted molar refractivity (Wildman–Crippen MR) is 59.0 cm³/mol. The topological polar surface area (TPSA) is 40.1 Å². The van der Waals surface area contributed by atoms with Gasteiger partial charge in [0, 0.05) is 10.5 Å². The van der Waals surface area contributed by atoms with E-state index in [1.54, 1.807) is 24.3 Å². The van der Waals surface area contributed by atoms with Gasteiger partial charge in [0.15, 0.2) is 0 Å². The summed E-state index contributed by atoms with van der Waals surface area (Å²) >= 11 is -2.39. The zero-order valence-corrected chi connectivity index (χ0v) is 9.04. The van der Waals surface area contributed by atoms with E-state index in [1.165, 1.54) is 12.1 Å². The van der Waals surface area contributed by atoms with E-state index < -0.39 is 16.9 Å². The Hall–Kier alpha value is -1.52. The van der Waals surface area contributed by atoms with Gasteiger partial charge in [0.05, 0.1) is 0 Å². The van der Waals surface area contributed by atoms with Crippen LogP contribution in [0.15, 0.2) is 53.4 Å². The Morgan fingerprint density at radius 3 is 2.31 bits per heavy atom. The minimum absolute atomic E-state index is 0.0443. The third-order valence-corrected chi connectivity index (χ3v) is 2.86. The highest BCUT2D eigenvalue weighted by Gasteiger charge is 2.05. The van der Waals surface area contributed by atoms with Crippen molar-refractivity contribution in [3.63, 3.8) is 0 Å². The summed E-state index contributed by atoms with van der Waals surface area (Å²) in [6.45, 7) is 0. The lowest BCUT2D eigenvalue weighted by Gasteiger charge is -2.08. The molecule has 16 heavy (non-hydrogen) atoms. The lowest BCUT2D eigenvalue weighted by atomic mass is 10.1. The van der Waals surface area contributed by atoms with Crippen LogP contribution in [0.5, 0.6) is 0 Å². The van der Waals surface area contributed by atoms with Crippen molar-refractivity contribution in [3.05, 3.63) is 54.3 Å². The van der Waals surface area contributed by atoms with Gasteiger partial charge in [-0.25, -0.2) is 4.39 Å². The highest BCUT2D eigenvalue weighted by atomic mass is 32.2. The molecule has 2 aromatic rings. The number of halogens is 1. The number of rotatable bonds is 2. The summed E-state index contributed by atoms with van der Waals surface area (Å²) in [5.74, 6) is -0.534. The van der Waals surface area contributed by atoms with Gasteiger partial charge in [-0.05, 0) is 28.8 Å². The summed E-state index contributed by atoms with van der Waals surface area (Å²) in [5, 5.41) is 0. The van der Waals surface area contributed by atoms with Gasteiger partial charge in [-0.3, -0.25) is 4.21 Å². The van der Waals surface area contributed by atoms with Gasteiger partial charge in [-0.1, -0.05) is 36.4 Å². The average Bonchev–Trinajstić information content (AvgIpc) is 2.30. The van der Waals surface area contributed by atoms with Crippen LogP contribution in [0, 0.1) is 5.82 Å². The molecule has 0 saturated carbocycles. The van der Waals surface area contributed by atoms with Crippen LogP contribution in [0.2, 0.25) is 0 Å². The maximum atomic E-state index is 13.6. The molecule has 2 rings (SSSR count). The SMILES string of the molecule is O=S([O-])c1ccc(-c2ccccc2)c(F)c1. The Balaban J connectivity index is 2.48. The first-order valence-electron chi connectivity index (χ1n) is 4.63. The standard InChI is InChI=1S/C12H9FO2S/c13-12-8-10(16(14)15)6-7-11(12)9-4-2-1-3-5-9/h1-8H,(H,14,15)/p-1. The van der Waals surface area contributed by atoms with Crippen molar-refractivity contribution < 1.29 is 13.2 Å². The molecule has 0 amide bonds. The smallest absolute Gasteiger partial charge is 0.132 e. The summed E-state index contributed by atoms with van der Waals surface area (Å²) in [4.78, 5) is -0.0443. The van der Waals surface area contributed by atoms with Crippen LogP contribution >= 0.6 is 0 Å². The first kappa shape index (κ1) is 11.0. The van der Waals surface area contributed by atoms with E-state index in [4.69, 9.17) is 0 Å². The normalized spacial score (nSPS) is 12.4. The van der Waals surface area contributed by atoms with Crippen LogP contribution in [-0.2, 0) is 11.1 Å². The maximum Gasteiger partial charge on any atom is 0.132 e. The molecule has 82 valence electrons. The Morgan fingerprint density at radius 1 is 1.06 bits per heavy atom. The molecule has 0 aliphatic rings. The predicted octanol–water partition coefficient (Wildman–Crippen LogP) is 2.73. The van der Waals surface area contributed by atoms with Crippen LogP contribution in [0.3, 0.4) is 0 Å². The Morgan fingerprint density at radius 2 is 1.75 bits per heavy atom. The van der Waals surface area contributed by atoms with E-state index >= 15 is 0 Å². The van der Waals surface area contributed by atoms with Gasteiger partial charge in [-0.2, -0.15) is 0 Å². The molecule has 1 atom stereocenters. The third-order valence-electron chi connectivity index (χ3n) is 2.22. The van der Waals surface area contributed by atoms with Crippen molar-refractivity contribution in [3.8, 4) is 11.1 Å². The Bertz CT molecular complexity index is 526. The van der Waals surface area contributed by atoms with E-state index in [1.807, 2.05) is 6.07 Å². The first-order valence-corrected chi connectivity index (χ1v) is 5.70. The van der Waals surface area contributed by atoms with E-state index in [0.717, 1.165) is 11.6 Å². The highest BCUT2D eigenvalue weighted by molar-refractivity contribution is 7.79. The Labute approximate surface area is 95.0 Å². The van der Waals surface area contributed by atoms with Crippen molar-refractivity contribution in [1.82, 2.24) is 0 Å². The monoisotopic (exact) mass is 235 g/mol. The highest BCUT2D eigenvalue weighted by Crippen LogP contribution is 2.23. The van der Waals surface area contributed by atoms with E-state index in [0.29, 0.717) is 5.56 Å². The molecule has 4 heteroatoms. The fourth-order valence-corrected chi connectivity index (χ4v) is 1.83. The maximum absolute atomic E-state index is 13.6. The van der Waals surface area contributed by atoms with Gasteiger partial charge in [-0.15, -0.1) is 0 Å². The van der Waals surface area contributed by atoms with E-state index in [2.05, 4.69) is 0 Å². The van der Waals surface area contributed by atoms with E-state index in [-0.39, 0.29) is 4.90 Å². The molecule has 0 saturated heterocycles. The molecule has 2 nitrogen and oxygen atoms in total. The molecule has 1 unspecified atom stereocenters. The summed E-state index contributed by atoms with van der Waals surface area (Å²) < 4.78 is 34.9. The molecular weight excluding hydrogens is 227 g/mol. The lowest BCUT2D eigenvalue weighted by molar-refractivity contribution is 0.535. The second kappa shape index (κ2) is 4.55. The van der Waals surface area contributed by atoms with Crippen molar-refractivity contribution in [2.75, 3.05) is 0 Å². The molecule has 0 radical (unpaired) electrons. The van der Waals surface area contributed by atoms with E-state index in [9.17, 15) is 13.2 Å². The summed E-state index contributed by atoms with van der Waals surface area (Å²) in [6.07, 6.45) is 0. The molecule has 0 bridgehead atoms. The van der Waals surface area contributed by atoms with Crippen molar-refractivity contribution in [2.24, 2.45) is 0 Å². The second-order valence-corrected chi connectivity index (χ2v) is 4.18. The average molecular weight is 235 g/mol. The minimum Gasteiger partial charge on any atom is -0.768 e. The second-order valence-electron chi connectivity index (χ2n) is 3.24. The molecule has 0 aromatic heterocycles. The van der Waals surface area contributed by atoms with Crippen LogP contribution in [0.25, 0.3) is 11.1 Å². The summed E-state index contributed by atoms with van der Waals surface area (Å²) in [7, 11) is 0. The van der Waals surface area contributed by atoms with Crippen molar-refractivity contribution in [1.29, 1.82) is 0 Å². The zero-order chi connectivity index (χ0) is 11.5. The molecule has 0 N–H and O–H groups in total. The van der Waals surface area contributed by atoms with Gasteiger partial charge >= 0.3 is 0 Å². The minimum atomic E-state index is -2.39. The fraction of sp³-hybridized carbons (Fsp3) is 0. The first-order chi connectivity index (χ1) is 7.68. The molecule has 0 aliphatic heterocycles. The lowest BCUT2D eigenvalue weighted by Crippen LogP contribution is -1.92. The van der Waals surface area contributed by atoms with Crippen LogP contribution in [0.1, 0.15) is 0 Å². The Kier molecular flexibility index (Phi) is 3.12. The number of hydrogen-bond acceptors (Lipinski definition) is 2. The fourth-order valence-electron chi connectivity index (χ4n) is 1.45. The molecule has 0 heterocycles. The summed E-state index contributed by atoms with van der Waals surface area (Å²) in [6, 6.07) is 12.8. The molecule has 2 aromatic carbocycles. The van der Waals surface area contributed by atoms with Crippen LogP contribution in [-0.4, -0.2) is 8.76 Å². The summed E-state index contributed by atoms with van der Waals surface area (Å²) in [5.41, 5.74) is 1.12. The van der Waals surface area contributed by atoms with Crippen molar-refractivity contribution in [2.45, 2.75) is 4.90 Å².